The summed E-state index contributed by atoms with van der Waals surface area (Å²) in [4.78, 5) is 30.3. The van der Waals surface area contributed by atoms with E-state index in [1.807, 2.05) is 48.2 Å². The molecule has 0 saturated carbocycles. The summed E-state index contributed by atoms with van der Waals surface area (Å²) in [6.07, 6.45) is 6.34. The van der Waals surface area contributed by atoms with Gasteiger partial charge in [-0.3, -0.25) is 9.59 Å². The van der Waals surface area contributed by atoms with Crippen molar-refractivity contribution in [1.82, 2.24) is 0 Å². The van der Waals surface area contributed by atoms with Gasteiger partial charge in [-0.2, -0.15) is 0 Å². The second kappa shape index (κ2) is 10.8. The van der Waals surface area contributed by atoms with E-state index in [0.717, 1.165) is 32.8 Å². The monoisotopic (exact) mass is 605 g/mol. The number of Topliss-reactive ketones (excluding diaryl/α,β-unsaturated/α-hetero) is 2. The molecule has 2 unspecified atom stereocenters. The van der Waals surface area contributed by atoms with Crippen molar-refractivity contribution in [1.29, 1.82) is 0 Å². The molecule has 2 aliphatic heterocycles. The highest BCUT2D eigenvalue weighted by Gasteiger charge is 2.38. The molecule has 3 aliphatic rings. The molecule has 8 rings (SSSR count). The summed E-state index contributed by atoms with van der Waals surface area (Å²) < 4.78 is 0. The molecule has 0 fully saturated rings. The van der Waals surface area contributed by atoms with Gasteiger partial charge in [-0.15, -0.1) is 11.8 Å². The SMILES string of the molecule is Cc1cccc(N(C2=CC3SC(/C=C4/C(=O)c5ccc(-c6ccc7ccccc7c6)cc5C4=O)=CC3S2)c2ccccc2)c1. The average Bonchev–Trinajstić information content (AvgIpc) is 3.68. The van der Waals surface area contributed by atoms with Gasteiger partial charge in [-0.25, -0.2) is 0 Å². The summed E-state index contributed by atoms with van der Waals surface area (Å²) in [5.74, 6) is -0.378. The van der Waals surface area contributed by atoms with E-state index in [-0.39, 0.29) is 27.6 Å². The largest absolute Gasteiger partial charge is 0.305 e. The number of allylic oxidation sites excluding steroid dienone is 2. The molecule has 0 spiro atoms. The van der Waals surface area contributed by atoms with Crippen LogP contribution in [0.2, 0.25) is 0 Å². The van der Waals surface area contributed by atoms with Crippen LogP contribution in [0.4, 0.5) is 11.4 Å². The third-order valence-electron chi connectivity index (χ3n) is 8.35. The first-order valence-corrected chi connectivity index (χ1v) is 16.4. The molecule has 5 aromatic rings. The Morgan fingerprint density at radius 3 is 2.14 bits per heavy atom. The third-order valence-corrected chi connectivity index (χ3v) is 11.0. The van der Waals surface area contributed by atoms with Crippen LogP contribution in [0.5, 0.6) is 0 Å². The maximum Gasteiger partial charge on any atom is 0.197 e. The van der Waals surface area contributed by atoms with E-state index in [2.05, 4.69) is 103 Å². The minimum atomic E-state index is -0.190. The Hall–Kier alpha value is -4.58. The number of rotatable bonds is 5. The van der Waals surface area contributed by atoms with Crippen LogP contribution in [0.15, 0.2) is 149 Å². The number of hydrogen-bond donors (Lipinski definition) is 0. The average molecular weight is 606 g/mol. The Morgan fingerprint density at radius 2 is 1.32 bits per heavy atom. The number of hydrogen-bond acceptors (Lipinski definition) is 5. The van der Waals surface area contributed by atoms with Crippen molar-refractivity contribution in [2.75, 3.05) is 4.90 Å². The zero-order valence-electron chi connectivity index (χ0n) is 23.9. The summed E-state index contributed by atoms with van der Waals surface area (Å²) >= 11 is 3.55. The Kier molecular flexibility index (Phi) is 6.66. The maximum absolute atomic E-state index is 13.6. The number of aryl methyl sites for hydroxylation is 1. The topological polar surface area (TPSA) is 37.4 Å². The molecular weight excluding hydrogens is 579 g/mol. The maximum atomic E-state index is 13.6. The standard InChI is InChI=1S/C39H27NO2S2/c1-24-8-7-13-30(18-24)40(29-11-3-2-4-12-29)37-23-36-35(44-37)22-31(43-36)21-34-38(41)32-17-16-28(20-33(32)39(34)42)27-15-14-25-9-5-6-10-26(25)19-27/h2-23,35-36H,1H3/b34-21-. The predicted molar refractivity (Wildman–Crippen MR) is 185 cm³/mol. The summed E-state index contributed by atoms with van der Waals surface area (Å²) in [5.41, 5.74) is 6.67. The van der Waals surface area contributed by atoms with Gasteiger partial charge < -0.3 is 4.90 Å². The zero-order chi connectivity index (χ0) is 29.8. The molecule has 5 aromatic carbocycles. The van der Waals surface area contributed by atoms with Crippen molar-refractivity contribution in [2.24, 2.45) is 0 Å². The van der Waals surface area contributed by atoms with Crippen molar-refractivity contribution < 1.29 is 9.59 Å². The van der Waals surface area contributed by atoms with E-state index in [1.54, 1.807) is 17.8 Å². The van der Waals surface area contributed by atoms with Gasteiger partial charge in [-0.05, 0) is 89.0 Å². The van der Waals surface area contributed by atoms with Gasteiger partial charge in [0.1, 0.15) is 0 Å². The van der Waals surface area contributed by atoms with Crippen LogP contribution in [0.3, 0.4) is 0 Å². The van der Waals surface area contributed by atoms with Crippen LogP contribution in [0.1, 0.15) is 26.3 Å². The Bertz CT molecular complexity index is 2090. The highest BCUT2D eigenvalue weighted by atomic mass is 32.2. The molecule has 2 heterocycles. The van der Waals surface area contributed by atoms with Gasteiger partial charge in [0.15, 0.2) is 11.6 Å². The smallest absolute Gasteiger partial charge is 0.197 e. The van der Waals surface area contributed by atoms with E-state index < -0.39 is 0 Å². The van der Waals surface area contributed by atoms with Crippen molar-refractivity contribution in [3.05, 3.63) is 166 Å². The highest BCUT2D eigenvalue weighted by Crippen LogP contribution is 2.51. The molecule has 0 N–H and O–H groups in total. The molecule has 212 valence electrons. The Labute approximate surface area is 265 Å². The van der Waals surface area contributed by atoms with Gasteiger partial charge in [-0.1, -0.05) is 90.6 Å². The third kappa shape index (κ3) is 4.73. The van der Waals surface area contributed by atoms with Crippen LogP contribution in [-0.2, 0) is 0 Å². The van der Waals surface area contributed by atoms with Gasteiger partial charge in [0.25, 0.3) is 0 Å². The number of anilines is 2. The molecule has 0 aromatic heterocycles. The van der Waals surface area contributed by atoms with Crippen molar-refractivity contribution in [3.63, 3.8) is 0 Å². The lowest BCUT2D eigenvalue weighted by molar-refractivity contribution is 0.0988. The lowest BCUT2D eigenvalue weighted by Gasteiger charge is -2.26. The van der Waals surface area contributed by atoms with Gasteiger partial charge >= 0.3 is 0 Å². The minimum absolute atomic E-state index is 0.188. The molecule has 0 radical (unpaired) electrons. The van der Waals surface area contributed by atoms with E-state index in [0.29, 0.717) is 11.1 Å². The number of thioether (sulfide) groups is 2. The molecular formula is C39H27NO2S2. The normalized spacial score (nSPS) is 19.7. The van der Waals surface area contributed by atoms with Crippen LogP contribution < -0.4 is 4.90 Å². The molecule has 0 amide bonds. The second-order valence-corrected chi connectivity index (χ2v) is 13.7. The number of carbonyl (C=O) groups is 2. The van der Waals surface area contributed by atoms with Gasteiger partial charge in [0, 0.05) is 37.9 Å². The summed E-state index contributed by atoms with van der Waals surface area (Å²) in [6.45, 7) is 2.12. The highest BCUT2D eigenvalue weighted by molar-refractivity contribution is 8.09. The first-order chi connectivity index (χ1) is 21.5. The molecule has 0 saturated heterocycles. The fourth-order valence-corrected chi connectivity index (χ4v) is 9.06. The molecule has 2 atom stereocenters. The summed E-state index contributed by atoms with van der Waals surface area (Å²) in [7, 11) is 0. The van der Waals surface area contributed by atoms with Crippen LogP contribution in [0, 0.1) is 6.92 Å². The van der Waals surface area contributed by atoms with Crippen molar-refractivity contribution >= 4 is 57.2 Å². The van der Waals surface area contributed by atoms with Crippen LogP contribution >= 0.6 is 23.5 Å². The number of fused-ring (bicyclic) bond motifs is 3. The number of benzene rings is 5. The Morgan fingerprint density at radius 1 is 0.614 bits per heavy atom. The van der Waals surface area contributed by atoms with Crippen molar-refractivity contribution in [2.45, 2.75) is 17.4 Å². The van der Waals surface area contributed by atoms with Crippen molar-refractivity contribution in [3.8, 4) is 11.1 Å². The molecule has 0 bridgehead atoms. The van der Waals surface area contributed by atoms with E-state index in [9.17, 15) is 9.59 Å². The van der Waals surface area contributed by atoms with Gasteiger partial charge in [0.05, 0.1) is 10.6 Å². The fourth-order valence-electron chi connectivity index (χ4n) is 6.17. The van der Waals surface area contributed by atoms with E-state index in [4.69, 9.17) is 0 Å². The van der Waals surface area contributed by atoms with E-state index in [1.165, 1.54) is 16.0 Å². The zero-order valence-corrected chi connectivity index (χ0v) is 25.6. The van der Waals surface area contributed by atoms with Gasteiger partial charge in [0.2, 0.25) is 0 Å². The fraction of sp³-hybridized carbons (Fsp3) is 0.0769. The molecule has 5 heteroatoms. The molecule has 1 aliphatic carbocycles. The number of para-hydroxylation sites is 1. The Balaban J connectivity index is 1.04. The first kappa shape index (κ1) is 27.0. The first-order valence-electron chi connectivity index (χ1n) is 14.6. The summed E-state index contributed by atoms with van der Waals surface area (Å²) in [5, 5.41) is 3.96. The van der Waals surface area contributed by atoms with Crippen LogP contribution in [0.25, 0.3) is 21.9 Å². The number of carbonyl (C=O) groups excluding carboxylic acids is 2. The number of ketones is 2. The molecule has 3 nitrogen and oxygen atoms in total. The minimum Gasteiger partial charge on any atom is -0.305 e. The second-order valence-electron chi connectivity index (χ2n) is 11.3. The molecule has 44 heavy (non-hydrogen) atoms. The lowest BCUT2D eigenvalue weighted by Crippen LogP contribution is -2.13. The summed E-state index contributed by atoms with van der Waals surface area (Å²) in [6, 6.07) is 39.1. The predicted octanol–water partition coefficient (Wildman–Crippen LogP) is 9.92. The quantitative estimate of drug-likeness (QED) is 0.147. The van der Waals surface area contributed by atoms with E-state index >= 15 is 0 Å². The lowest BCUT2D eigenvalue weighted by atomic mass is 9.98. The van der Waals surface area contributed by atoms with Crippen LogP contribution in [-0.4, -0.2) is 22.1 Å². The number of nitrogens with zero attached hydrogens (tertiary/aromatic N) is 1.